The monoisotopic (exact) mass is 421 g/mol. The molecule has 1 atom stereocenters. The summed E-state index contributed by atoms with van der Waals surface area (Å²) in [5, 5.41) is 17.2. The van der Waals surface area contributed by atoms with Gasteiger partial charge in [-0.25, -0.2) is 0 Å². The van der Waals surface area contributed by atoms with Gasteiger partial charge in [0.05, 0.1) is 12.6 Å². The molecule has 18 heavy (non-hydrogen) atoms. The number of aromatic nitrogens is 2. The number of nitrogens with one attached hydrogen (secondary N) is 1. The maximum absolute atomic E-state index is 9.90. The molecule has 0 saturated carbocycles. The lowest BCUT2D eigenvalue weighted by atomic mass is 10.3. The average molecular weight is 422 g/mol. The molecular weight excluding hydrogens is 409 g/mol. The molecule has 0 radical (unpaired) electrons. The minimum absolute atomic E-state index is 0.473. The Kier molecular flexibility index (Phi) is 5.02. The first-order valence-corrected chi connectivity index (χ1v) is 7.37. The van der Waals surface area contributed by atoms with E-state index in [-0.39, 0.29) is 0 Å². The van der Waals surface area contributed by atoms with Crippen LogP contribution in [0.5, 0.6) is 0 Å². The van der Waals surface area contributed by atoms with Crippen LogP contribution in [0.3, 0.4) is 0 Å². The predicted octanol–water partition coefficient (Wildman–Crippen LogP) is 2.72. The van der Waals surface area contributed by atoms with Gasteiger partial charge in [0.2, 0.25) is 0 Å². The molecule has 0 amide bonds. The molecule has 6 heteroatoms. The highest BCUT2D eigenvalue weighted by molar-refractivity contribution is 14.1. The number of hydrogen-bond acceptors (Lipinski definition) is 3. The summed E-state index contributed by atoms with van der Waals surface area (Å²) in [5.74, 6) is 0. The Balaban J connectivity index is 1.89. The lowest BCUT2D eigenvalue weighted by Gasteiger charge is -2.14. The van der Waals surface area contributed by atoms with Gasteiger partial charge >= 0.3 is 0 Å². The standard InChI is InChI=1S/C12H13BrIN3O/c13-9-2-3-11(14)12(6-9)15-7-10(18)8-17-5-1-4-16-17/h1-6,10,15,18H,7-8H2. The van der Waals surface area contributed by atoms with E-state index in [1.165, 1.54) is 0 Å². The van der Waals surface area contributed by atoms with Gasteiger partial charge < -0.3 is 10.4 Å². The number of rotatable bonds is 5. The second-order valence-corrected chi connectivity index (χ2v) is 5.96. The fourth-order valence-electron chi connectivity index (χ4n) is 1.55. The van der Waals surface area contributed by atoms with E-state index in [1.807, 2.05) is 30.5 Å². The third-order valence-electron chi connectivity index (χ3n) is 2.41. The Morgan fingerprint density at radius 1 is 1.50 bits per heavy atom. The van der Waals surface area contributed by atoms with Crippen LogP contribution in [0.15, 0.2) is 41.1 Å². The van der Waals surface area contributed by atoms with Crippen LogP contribution < -0.4 is 5.32 Å². The highest BCUT2D eigenvalue weighted by Crippen LogP contribution is 2.22. The fraction of sp³-hybridized carbons (Fsp3) is 0.250. The lowest BCUT2D eigenvalue weighted by molar-refractivity contribution is 0.161. The molecule has 1 aromatic heterocycles. The van der Waals surface area contributed by atoms with E-state index in [4.69, 9.17) is 0 Å². The second kappa shape index (κ2) is 6.53. The van der Waals surface area contributed by atoms with Crippen LogP contribution in [0.2, 0.25) is 0 Å². The van der Waals surface area contributed by atoms with Crippen molar-refractivity contribution in [3.63, 3.8) is 0 Å². The molecule has 0 aliphatic carbocycles. The Labute approximate surface area is 128 Å². The van der Waals surface area contributed by atoms with E-state index < -0.39 is 6.10 Å². The van der Waals surface area contributed by atoms with Gasteiger partial charge in [-0.3, -0.25) is 4.68 Å². The van der Waals surface area contributed by atoms with Crippen LogP contribution in [0.4, 0.5) is 5.69 Å². The highest BCUT2D eigenvalue weighted by atomic mass is 127. The van der Waals surface area contributed by atoms with Crippen LogP contribution in [-0.4, -0.2) is 27.5 Å². The Bertz CT molecular complexity index is 504. The van der Waals surface area contributed by atoms with Crippen molar-refractivity contribution in [3.8, 4) is 0 Å². The third-order valence-corrected chi connectivity index (χ3v) is 3.85. The van der Waals surface area contributed by atoms with Crippen molar-refractivity contribution < 1.29 is 5.11 Å². The van der Waals surface area contributed by atoms with E-state index in [2.05, 4.69) is 48.9 Å². The van der Waals surface area contributed by atoms with E-state index in [0.717, 1.165) is 13.7 Å². The number of hydrogen-bond donors (Lipinski definition) is 2. The maximum Gasteiger partial charge on any atom is 0.0907 e. The van der Waals surface area contributed by atoms with Gasteiger partial charge in [-0.15, -0.1) is 0 Å². The Hall–Kier alpha value is -0.600. The normalized spacial score (nSPS) is 12.4. The van der Waals surface area contributed by atoms with E-state index in [1.54, 1.807) is 10.9 Å². The lowest BCUT2D eigenvalue weighted by Crippen LogP contribution is -2.25. The predicted molar refractivity (Wildman–Crippen MR) is 83.6 cm³/mol. The number of benzene rings is 1. The summed E-state index contributed by atoms with van der Waals surface area (Å²) in [6.45, 7) is 0.983. The number of nitrogens with zero attached hydrogens (tertiary/aromatic N) is 2. The Morgan fingerprint density at radius 3 is 3.06 bits per heavy atom. The van der Waals surface area contributed by atoms with Gasteiger partial charge in [-0.05, 0) is 46.9 Å². The van der Waals surface area contributed by atoms with Crippen LogP contribution in [0, 0.1) is 3.57 Å². The third kappa shape index (κ3) is 3.96. The van der Waals surface area contributed by atoms with Crippen LogP contribution in [0.1, 0.15) is 0 Å². The van der Waals surface area contributed by atoms with Crippen molar-refractivity contribution in [1.29, 1.82) is 0 Å². The first kappa shape index (κ1) is 13.8. The first-order chi connectivity index (χ1) is 8.65. The maximum atomic E-state index is 9.90. The van der Waals surface area contributed by atoms with Crippen LogP contribution in [-0.2, 0) is 6.54 Å². The quantitative estimate of drug-likeness (QED) is 0.730. The molecule has 2 aromatic rings. The van der Waals surface area contributed by atoms with Crippen molar-refractivity contribution in [2.24, 2.45) is 0 Å². The van der Waals surface area contributed by atoms with Gasteiger partial charge in [0.15, 0.2) is 0 Å². The summed E-state index contributed by atoms with van der Waals surface area (Å²) < 4.78 is 3.87. The zero-order chi connectivity index (χ0) is 13.0. The molecule has 2 rings (SSSR count). The van der Waals surface area contributed by atoms with Gasteiger partial charge in [0.25, 0.3) is 0 Å². The van der Waals surface area contributed by atoms with Gasteiger partial charge in [-0.1, -0.05) is 15.9 Å². The summed E-state index contributed by atoms with van der Waals surface area (Å²) >= 11 is 5.70. The van der Waals surface area contributed by atoms with Gasteiger partial charge in [-0.2, -0.15) is 5.10 Å². The molecular formula is C12H13BrIN3O. The summed E-state index contributed by atoms with van der Waals surface area (Å²) in [5.41, 5.74) is 1.02. The smallest absolute Gasteiger partial charge is 0.0907 e. The minimum atomic E-state index is -0.473. The molecule has 0 bridgehead atoms. The molecule has 0 spiro atoms. The van der Waals surface area contributed by atoms with Crippen LogP contribution >= 0.6 is 38.5 Å². The van der Waals surface area contributed by atoms with Crippen molar-refractivity contribution in [2.75, 3.05) is 11.9 Å². The minimum Gasteiger partial charge on any atom is -0.389 e. The Morgan fingerprint density at radius 2 is 2.33 bits per heavy atom. The molecule has 0 saturated heterocycles. The molecule has 96 valence electrons. The summed E-state index contributed by atoms with van der Waals surface area (Å²) in [6, 6.07) is 7.86. The van der Waals surface area contributed by atoms with Crippen molar-refractivity contribution in [2.45, 2.75) is 12.6 Å². The molecule has 0 fully saturated rings. The number of aliphatic hydroxyl groups is 1. The molecule has 0 aliphatic heterocycles. The number of halogens is 2. The van der Waals surface area contributed by atoms with Crippen molar-refractivity contribution >= 4 is 44.2 Å². The van der Waals surface area contributed by atoms with Gasteiger partial charge in [0, 0.05) is 32.7 Å². The van der Waals surface area contributed by atoms with E-state index >= 15 is 0 Å². The van der Waals surface area contributed by atoms with Crippen molar-refractivity contribution in [1.82, 2.24) is 9.78 Å². The average Bonchev–Trinajstić information content (AvgIpc) is 2.83. The van der Waals surface area contributed by atoms with Gasteiger partial charge in [0.1, 0.15) is 0 Å². The second-order valence-electron chi connectivity index (χ2n) is 3.89. The first-order valence-electron chi connectivity index (χ1n) is 5.49. The molecule has 1 heterocycles. The summed E-state index contributed by atoms with van der Waals surface area (Å²) in [6.07, 6.45) is 3.07. The number of anilines is 1. The van der Waals surface area contributed by atoms with Crippen molar-refractivity contribution in [3.05, 3.63) is 44.7 Å². The molecule has 1 unspecified atom stereocenters. The fourth-order valence-corrected chi connectivity index (χ4v) is 2.44. The summed E-state index contributed by atoms with van der Waals surface area (Å²) in [4.78, 5) is 0. The van der Waals surface area contributed by atoms with E-state index in [0.29, 0.717) is 13.1 Å². The molecule has 2 N–H and O–H groups in total. The zero-order valence-electron chi connectivity index (χ0n) is 9.55. The van der Waals surface area contributed by atoms with Crippen LogP contribution in [0.25, 0.3) is 0 Å². The molecule has 0 aliphatic rings. The van der Waals surface area contributed by atoms with E-state index in [9.17, 15) is 5.11 Å². The largest absolute Gasteiger partial charge is 0.389 e. The highest BCUT2D eigenvalue weighted by Gasteiger charge is 2.07. The summed E-state index contributed by atoms with van der Waals surface area (Å²) in [7, 11) is 0. The molecule has 1 aromatic carbocycles. The molecule has 4 nitrogen and oxygen atoms in total. The zero-order valence-corrected chi connectivity index (χ0v) is 13.3. The SMILES string of the molecule is OC(CNc1cc(Br)ccc1I)Cn1cccn1. The topological polar surface area (TPSA) is 50.1 Å². The number of aliphatic hydroxyl groups excluding tert-OH is 1.